The first kappa shape index (κ1) is 20.1. The van der Waals surface area contributed by atoms with Crippen LogP contribution in [0, 0.1) is 6.92 Å². The quantitative estimate of drug-likeness (QED) is 0.456. The van der Waals surface area contributed by atoms with E-state index in [2.05, 4.69) is 20.5 Å². The van der Waals surface area contributed by atoms with Gasteiger partial charge in [0.2, 0.25) is 0 Å². The smallest absolute Gasteiger partial charge is 0.255 e. The number of hydrogen-bond acceptors (Lipinski definition) is 7. The molecule has 30 heavy (non-hydrogen) atoms. The highest BCUT2D eigenvalue weighted by atomic mass is 32.2. The molecule has 0 fully saturated rings. The standard InChI is InChI=1S/C21H19N5O2S2/c1-14-23-17(12-29-14)11-28-18-5-3-4-15(10-18)20(27)24-16-6-8-19(9-7-16)30-21-25-22-13-26(21)2/h3-10,12-13H,11H2,1-2H3,(H,24,27). The minimum atomic E-state index is -0.196. The summed E-state index contributed by atoms with van der Waals surface area (Å²) >= 11 is 3.09. The van der Waals surface area contributed by atoms with Crippen molar-refractivity contribution in [2.24, 2.45) is 7.05 Å². The van der Waals surface area contributed by atoms with Crippen molar-refractivity contribution in [2.45, 2.75) is 23.6 Å². The van der Waals surface area contributed by atoms with Crippen LogP contribution in [0.25, 0.3) is 0 Å². The van der Waals surface area contributed by atoms with Gasteiger partial charge in [0.1, 0.15) is 18.7 Å². The van der Waals surface area contributed by atoms with Gasteiger partial charge in [-0.15, -0.1) is 21.5 Å². The SMILES string of the molecule is Cc1nc(COc2cccc(C(=O)Nc3ccc(Sc4nncn4C)cc3)c2)cs1. The molecular weight excluding hydrogens is 418 g/mol. The fraction of sp³-hybridized carbons (Fsp3) is 0.143. The number of amides is 1. The Morgan fingerprint density at radius 1 is 1.23 bits per heavy atom. The second kappa shape index (κ2) is 9.10. The number of aromatic nitrogens is 4. The minimum absolute atomic E-state index is 0.196. The molecule has 0 atom stereocenters. The summed E-state index contributed by atoms with van der Waals surface area (Å²) in [6.07, 6.45) is 1.66. The van der Waals surface area contributed by atoms with Gasteiger partial charge in [-0.05, 0) is 61.2 Å². The Bertz CT molecular complexity index is 1150. The number of ether oxygens (including phenoxy) is 1. The Labute approximate surface area is 182 Å². The Morgan fingerprint density at radius 3 is 2.77 bits per heavy atom. The maximum Gasteiger partial charge on any atom is 0.255 e. The molecule has 1 amide bonds. The van der Waals surface area contributed by atoms with Gasteiger partial charge in [-0.1, -0.05) is 6.07 Å². The second-order valence-electron chi connectivity index (χ2n) is 6.48. The van der Waals surface area contributed by atoms with Gasteiger partial charge in [0.25, 0.3) is 5.91 Å². The Hall–Kier alpha value is -3.17. The third-order valence-electron chi connectivity index (χ3n) is 4.14. The number of rotatable bonds is 7. The van der Waals surface area contributed by atoms with E-state index in [4.69, 9.17) is 4.74 Å². The highest BCUT2D eigenvalue weighted by molar-refractivity contribution is 7.99. The van der Waals surface area contributed by atoms with Crippen LogP contribution in [-0.4, -0.2) is 25.7 Å². The van der Waals surface area contributed by atoms with E-state index in [1.807, 2.05) is 54.3 Å². The van der Waals surface area contributed by atoms with Crippen molar-refractivity contribution in [3.63, 3.8) is 0 Å². The van der Waals surface area contributed by atoms with Crippen LogP contribution in [0.15, 0.2) is 70.3 Å². The summed E-state index contributed by atoms with van der Waals surface area (Å²) in [5, 5.41) is 14.6. The molecule has 0 spiro atoms. The predicted molar refractivity (Wildman–Crippen MR) is 117 cm³/mol. The van der Waals surface area contributed by atoms with Crippen LogP contribution in [0.2, 0.25) is 0 Å². The average Bonchev–Trinajstić information content (AvgIpc) is 3.36. The number of carbonyl (C=O) groups is 1. The molecule has 9 heteroatoms. The fourth-order valence-corrected chi connectivity index (χ4v) is 4.00. The molecule has 1 N–H and O–H groups in total. The van der Waals surface area contributed by atoms with E-state index in [1.54, 1.807) is 35.9 Å². The number of thiazole rings is 1. The van der Waals surface area contributed by atoms with Crippen LogP contribution < -0.4 is 10.1 Å². The lowest BCUT2D eigenvalue weighted by Crippen LogP contribution is -2.12. The van der Waals surface area contributed by atoms with Gasteiger partial charge in [0, 0.05) is 28.6 Å². The Kier molecular flexibility index (Phi) is 6.10. The van der Waals surface area contributed by atoms with Crippen molar-refractivity contribution in [3.05, 3.63) is 76.5 Å². The third-order valence-corrected chi connectivity index (χ3v) is 6.02. The second-order valence-corrected chi connectivity index (χ2v) is 8.58. The lowest BCUT2D eigenvalue weighted by atomic mass is 10.2. The van der Waals surface area contributed by atoms with Crippen LogP contribution in [-0.2, 0) is 13.7 Å². The first-order chi connectivity index (χ1) is 14.6. The van der Waals surface area contributed by atoms with Gasteiger partial charge in [-0.25, -0.2) is 4.98 Å². The summed E-state index contributed by atoms with van der Waals surface area (Å²) in [5.41, 5.74) is 2.12. The van der Waals surface area contributed by atoms with E-state index < -0.39 is 0 Å². The van der Waals surface area contributed by atoms with Gasteiger partial charge in [0.15, 0.2) is 5.16 Å². The summed E-state index contributed by atoms with van der Waals surface area (Å²) < 4.78 is 7.62. The zero-order valence-corrected chi connectivity index (χ0v) is 18.0. The zero-order valence-electron chi connectivity index (χ0n) is 16.4. The molecule has 7 nitrogen and oxygen atoms in total. The lowest BCUT2D eigenvalue weighted by molar-refractivity contribution is 0.102. The normalized spacial score (nSPS) is 10.7. The van der Waals surface area contributed by atoms with Gasteiger partial charge in [-0.2, -0.15) is 0 Å². The van der Waals surface area contributed by atoms with Crippen molar-refractivity contribution in [2.75, 3.05) is 5.32 Å². The topological polar surface area (TPSA) is 81.9 Å². The monoisotopic (exact) mass is 437 g/mol. The number of aryl methyl sites for hydroxylation is 2. The predicted octanol–water partition coefficient (Wildman–Crippen LogP) is 4.56. The number of hydrogen-bond donors (Lipinski definition) is 1. The summed E-state index contributed by atoms with van der Waals surface area (Å²) in [6.45, 7) is 2.33. The molecule has 0 radical (unpaired) electrons. The van der Waals surface area contributed by atoms with Gasteiger partial charge < -0.3 is 14.6 Å². The molecule has 0 unspecified atom stereocenters. The van der Waals surface area contributed by atoms with Crippen LogP contribution in [0.3, 0.4) is 0 Å². The van der Waals surface area contributed by atoms with Crippen LogP contribution >= 0.6 is 23.1 Å². The van der Waals surface area contributed by atoms with E-state index in [1.165, 1.54) is 11.8 Å². The molecule has 0 bridgehead atoms. The molecule has 4 rings (SSSR count). The van der Waals surface area contributed by atoms with Crippen LogP contribution in [0.5, 0.6) is 5.75 Å². The van der Waals surface area contributed by atoms with E-state index in [-0.39, 0.29) is 5.91 Å². The molecule has 0 saturated heterocycles. The largest absolute Gasteiger partial charge is 0.487 e. The van der Waals surface area contributed by atoms with Crippen LogP contribution in [0.4, 0.5) is 5.69 Å². The van der Waals surface area contributed by atoms with Gasteiger partial charge >= 0.3 is 0 Å². The van der Waals surface area contributed by atoms with Crippen molar-refractivity contribution < 1.29 is 9.53 Å². The highest BCUT2D eigenvalue weighted by Gasteiger charge is 2.09. The van der Waals surface area contributed by atoms with E-state index in [0.717, 1.165) is 20.8 Å². The van der Waals surface area contributed by atoms with Crippen molar-refractivity contribution in [3.8, 4) is 5.75 Å². The lowest BCUT2D eigenvalue weighted by Gasteiger charge is -2.09. The molecule has 0 saturated carbocycles. The van der Waals surface area contributed by atoms with Crippen LogP contribution in [0.1, 0.15) is 21.1 Å². The number of nitrogens with one attached hydrogen (secondary N) is 1. The number of benzene rings is 2. The van der Waals surface area contributed by atoms with Gasteiger partial charge in [0.05, 0.1) is 10.7 Å². The van der Waals surface area contributed by atoms with E-state index >= 15 is 0 Å². The molecule has 4 aromatic rings. The maximum atomic E-state index is 12.6. The molecule has 2 heterocycles. The number of nitrogens with zero attached hydrogens (tertiary/aromatic N) is 4. The van der Waals surface area contributed by atoms with Crippen molar-refractivity contribution >= 4 is 34.7 Å². The zero-order chi connectivity index (χ0) is 20.9. The first-order valence-electron chi connectivity index (χ1n) is 9.14. The Balaban J connectivity index is 1.36. The minimum Gasteiger partial charge on any atom is -0.487 e. The Morgan fingerprint density at radius 2 is 2.07 bits per heavy atom. The molecule has 0 aliphatic heterocycles. The molecule has 0 aliphatic carbocycles. The highest BCUT2D eigenvalue weighted by Crippen LogP contribution is 2.26. The summed E-state index contributed by atoms with van der Waals surface area (Å²) in [5.74, 6) is 0.433. The molecule has 0 aliphatic rings. The van der Waals surface area contributed by atoms with Crippen molar-refractivity contribution in [1.29, 1.82) is 0 Å². The van der Waals surface area contributed by atoms with Crippen molar-refractivity contribution in [1.82, 2.24) is 19.7 Å². The number of anilines is 1. The molecule has 152 valence electrons. The van der Waals surface area contributed by atoms with E-state index in [0.29, 0.717) is 23.6 Å². The molecule has 2 aromatic carbocycles. The summed E-state index contributed by atoms with van der Waals surface area (Å²) in [7, 11) is 1.90. The maximum absolute atomic E-state index is 12.6. The molecular formula is C21H19N5O2S2. The first-order valence-corrected chi connectivity index (χ1v) is 10.8. The van der Waals surface area contributed by atoms with E-state index in [9.17, 15) is 4.79 Å². The number of carbonyl (C=O) groups excluding carboxylic acids is 1. The average molecular weight is 438 g/mol. The fourth-order valence-electron chi connectivity index (χ4n) is 2.64. The molecule has 2 aromatic heterocycles. The third kappa shape index (κ3) is 5.05. The summed E-state index contributed by atoms with van der Waals surface area (Å²) in [4.78, 5) is 18.0. The summed E-state index contributed by atoms with van der Waals surface area (Å²) in [6, 6.07) is 14.7. The van der Waals surface area contributed by atoms with Gasteiger partial charge in [-0.3, -0.25) is 4.79 Å².